The first kappa shape index (κ1) is 15.0. The van der Waals surface area contributed by atoms with E-state index in [9.17, 15) is 8.42 Å². The first-order valence-corrected chi connectivity index (χ1v) is 7.68. The van der Waals surface area contributed by atoms with Gasteiger partial charge in [-0.1, -0.05) is 19.9 Å². The maximum absolute atomic E-state index is 12.4. The summed E-state index contributed by atoms with van der Waals surface area (Å²) in [6.45, 7) is 8.01. The van der Waals surface area contributed by atoms with E-state index in [4.69, 9.17) is 5.73 Å². The van der Waals surface area contributed by atoms with E-state index >= 15 is 0 Å². The van der Waals surface area contributed by atoms with E-state index in [1.54, 1.807) is 18.2 Å². The van der Waals surface area contributed by atoms with Crippen LogP contribution in [0.3, 0.4) is 0 Å². The number of hydrogen-bond donors (Lipinski definition) is 1. The molecular formula is C13H22N2O2S. The highest BCUT2D eigenvalue weighted by atomic mass is 32.2. The van der Waals surface area contributed by atoms with Crippen molar-refractivity contribution in [3.63, 3.8) is 0 Å². The van der Waals surface area contributed by atoms with Crippen molar-refractivity contribution in [3.8, 4) is 0 Å². The van der Waals surface area contributed by atoms with Gasteiger partial charge in [0.2, 0.25) is 10.0 Å². The van der Waals surface area contributed by atoms with Crippen molar-refractivity contribution in [2.24, 2.45) is 0 Å². The molecule has 0 aliphatic rings. The van der Waals surface area contributed by atoms with Gasteiger partial charge in [0.1, 0.15) is 0 Å². The van der Waals surface area contributed by atoms with Crippen LogP contribution in [-0.4, -0.2) is 25.3 Å². The van der Waals surface area contributed by atoms with Crippen LogP contribution >= 0.6 is 0 Å². The zero-order valence-corrected chi connectivity index (χ0v) is 12.3. The predicted octanol–water partition coefficient (Wildman–Crippen LogP) is 2.25. The van der Waals surface area contributed by atoms with Crippen molar-refractivity contribution in [2.45, 2.75) is 45.1 Å². The molecule has 0 saturated heterocycles. The lowest BCUT2D eigenvalue weighted by Crippen LogP contribution is -2.36. The summed E-state index contributed by atoms with van der Waals surface area (Å²) in [7, 11) is -3.44. The zero-order chi connectivity index (χ0) is 13.9. The average Bonchev–Trinajstić information content (AvgIpc) is 2.28. The Labute approximate surface area is 110 Å². The Hall–Kier alpha value is -1.07. The number of aryl methyl sites for hydroxylation is 1. The smallest absolute Gasteiger partial charge is 0.243 e. The van der Waals surface area contributed by atoms with E-state index in [0.717, 1.165) is 12.0 Å². The summed E-state index contributed by atoms with van der Waals surface area (Å²) in [6, 6.07) is 4.91. The van der Waals surface area contributed by atoms with E-state index in [2.05, 4.69) is 0 Å². The molecule has 1 rings (SSSR count). The third-order valence-corrected chi connectivity index (χ3v) is 5.14. The van der Waals surface area contributed by atoms with Crippen molar-refractivity contribution < 1.29 is 8.42 Å². The normalized spacial score (nSPS) is 12.3. The highest BCUT2D eigenvalue weighted by Gasteiger charge is 2.25. The third kappa shape index (κ3) is 2.84. The van der Waals surface area contributed by atoms with Gasteiger partial charge in [-0.15, -0.1) is 0 Å². The van der Waals surface area contributed by atoms with Gasteiger partial charge < -0.3 is 5.73 Å². The van der Waals surface area contributed by atoms with Gasteiger partial charge in [0.15, 0.2) is 0 Å². The Bertz CT molecular complexity index is 510. The molecule has 1 aromatic carbocycles. The highest BCUT2D eigenvalue weighted by molar-refractivity contribution is 7.89. The molecule has 0 radical (unpaired) electrons. The molecule has 0 aliphatic heterocycles. The Morgan fingerprint density at radius 3 is 2.28 bits per heavy atom. The van der Waals surface area contributed by atoms with Crippen LogP contribution in [0.2, 0.25) is 0 Å². The largest absolute Gasteiger partial charge is 0.398 e. The second kappa shape index (κ2) is 5.71. The van der Waals surface area contributed by atoms with Crippen LogP contribution in [0.5, 0.6) is 0 Å². The van der Waals surface area contributed by atoms with Gasteiger partial charge in [-0.3, -0.25) is 0 Å². The molecular weight excluding hydrogens is 248 g/mol. The number of nitrogens with two attached hydrogens (primary N) is 1. The molecule has 0 spiro atoms. The summed E-state index contributed by atoms with van der Waals surface area (Å²) in [4.78, 5) is 0.271. The molecule has 5 heteroatoms. The minimum Gasteiger partial charge on any atom is -0.398 e. The Morgan fingerprint density at radius 1 is 1.28 bits per heavy atom. The van der Waals surface area contributed by atoms with Crippen molar-refractivity contribution in [1.82, 2.24) is 4.31 Å². The van der Waals surface area contributed by atoms with Crippen LogP contribution in [0.25, 0.3) is 0 Å². The van der Waals surface area contributed by atoms with Crippen LogP contribution < -0.4 is 5.73 Å². The number of benzene rings is 1. The van der Waals surface area contributed by atoms with Crippen molar-refractivity contribution in [2.75, 3.05) is 12.3 Å². The summed E-state index contributed by atoms with van der Waals surface area (Å²) < 4.78 is 26.3. The summed E-state index contributed by atoms with van der Waals surface area (Å²) >= 11 is 0. The second-order valence-corrected chi connectivity index (χ2v) is 6.41. The van der Waals surface area contributed by atoms with Gasteiger partial charge in [-0.2, -0.15) is 4.31 Å². The van der Waals surface area contributed by atoms with E-state index in [1.807, 2.05) is 27.7 Å². The molecule has 2 N–H and O–H groups in total. The van der Waals surface area contributed by atoms with E-state index in [1.165, 1.54) is 4.31 Å². The number of hydrogen-bond acceptors (Lipinski definition) is 3. The van der Waals surface area contributed by atoms with E-state index < -0.39 is 10.0 Å². The molecule has 0 aromatic heterocycles. The fraction of sp³-hybridized carbons (Fsp3) is 0.538. The topological polar surface area (TPSA) is 63.4 Å². The number of nitrogens with zero attached hydrogens (tertiary/aromatic N) is 1. The minimum atomic E-state index is -3.44. The lowest BCUT2D eigenvalue weighted by atomic mass is 10.1. The molecule has 0 heterocycles. The highest BCUT2D eigenvalue weighted by Crippen LogP contribution is 2.22. The summed E-state index contributed by atoms with van der Waals surface area (Å²) in [5, 5.41) is 0. The molecule has 4 nitrogen and oxygen atoms in total. The van der Waals surface area contributed by atoms with Crippen molar-refractivity contribution in [1.29, 1.82) is 0 Å². The number of nitrogen functional groups attached to an aromatic ring is 1. The molecule has 0 aliphatic carbocycles. The quantitative estimate of drug-likeness (QED) is 0.835. The average molecular weight is 270 g/mol. The second-order valence-electron chi connectivity index (χ2n) is 4.52. The van der Waals surface area contributed by atoms with Crippen molar-refractivity contribution in [3.05, 3.63) is 23.8 Å². The molecule has 0 unspecified atom stereocenters. The number of rotatable bonds is 5. The Balaban J connectivity index is 3.24. The van der Waals surface area contributed by atoms with Crippen LogP contribution in [0.15, 0.2) is 23.1 Å². The first-order chi connectivity index (χ1) is 8.34. The molecule has 0 saturated carbocycles. The van der Waals surface area contributed by atoms with E-state index in [-0.39, 0.29) is 10.9 Å². The maximum Gasteiger partial charge on any atom is 0.243 e. The summed E-state index contributed by atoms with van der Waals surface area (Å²) in [5.74, 6) is 0. The maximum atomic E-state index is 12.4. The molecule has 18 heavy (non-hydrogen) atoms. The lowest BCUT2D eigenvalue weighted by molar-refractivity contribution is 0.369. The first-order valence-electron chi connectivity index (χ1n) is 6.24. The van der Waals surface area contributed by atoms with Gasteiger partial charge in [-0.25, -0.2) is 8.42 Å². The third-order valence-electron chi connectivity index (χ3n) is 2.99. The SMILES string of the molecule is CCc1ccc(S(=O)(=O)N(CC)C(C)C)cc1N. The minimum absolute atomic E-state index is 0.0629. The van der Waals surface area contributed by atoms with Crippen LogP contribution in [0.1, 0.15) is 33.3 Å². The monoisotopic (exact) mass is 270 g/mol. The van der Waals surface area contributed by atoms with Gasteiger partial charge in [-0.05, 0) is 38.0 Å². The molecule has 1 aromatic rings. The number of sulfonamides is 1. The lowest BCUT2D eigenvalue weighted by Gasteiger charge is -2.24. The zero-order valence-electron chi connectivity index (χ0n) is 11.5. The van der Waals surface area contributed by atoms with Crippen LogP contribution in [0, 0.1) is 0 Å². The molecule has 0 amide bonds. The summed E-state index contributed by atoms with van der Waals surface area (Å²) in [5.41, 5.74) is 7.38. The Kier molecular flexibility index (Phi) is 4.76. The van der Waals surface area contributed by atoms with Crippen LogP contribution in [0.4, 0.5) is 5.69 Å². The fourth-order valence-electron chi connectivity index (χ4n) is 2.00. The molecule has 0 fully saturated rings. The predicted molar refractivity (Wildman–Crippen MR) is 74.9 cm³/mol. The number of anilines is 1. The van der Waals surface area contributed by atoms with Gasteiger partial charge in [0.25, 0.3) is 0 Å². The van der Waals surface area contributed by atoms with Crippen LogP contribution in [-0.2, 0) is 16.4 Å². The Morgan fingerprint density at radius 2 is 1.89 bits per heavy atom. The fourth-order valence-corrected chi connectivity index (χ4v) is 3.69. The molecule has 0 atom stereocenters. The van der Waals surface area contributed by atoms with Gasteiger partial charge in [0.05, 0.1) is 4.90 Å². The summed E-state index contributed by atoms with van der Waals surface area (Å²) in [6.07, 6.45) is 0.799. The van der Waals surface area contributed by atoms with Gasteiger partial charge >= 0.3 is 0 Å². The van der Waals surface area contributed by atoms with Crippen molar-refractivity contribution >= 4 is 15.7 Å². The van der Waals surface area contributed by atoms with Gasteiger partial charge in [0, 0.05) is 18.3 Å². The van der Waals surface area contributed by atoms with E-state index in [0.29, 0.717) is 12.2 Å². The standard InChI is InChI=1S/C13H22N2O2S/c1-5-11-7-8-12(9-13(11)14)18(16,17)15(6-2)10(3)4/h7-10H,5-6,14H2,1-4H3. The molecule has 102 valence electrons. The molecule has 0 bridgehead atoms.